The van der Waals surface area contributed by atoms with Crippen molar-refractivity contribution in [3.63, 3.8) is 0 Å². The Balaban J connectivity index is 1.38. The van der Waals surface area contributed by atoms with E-state index in [0.29, 0.717) is 12.3 Å². The molecule has 0 saturated heterocycles. The molecule has 33 heavy (non-hydrogen) atoms. The van der Waals surface area contributed by atoms with Crippen LogP contribution in [-0.4, -0.2) is 36.3 Å². The van der Waals surface area contributed by atoms with Crippen molar-refractivity contribution in [1.29, 1.82) is 0 Å². The number of furan rings is 1. The predicted octanol–water partition coefficient (Wildman–Crippen LogP) is 3.94. The second kappa shape index (κ2) is 10.1. The number of hydrogen-bond acceptors (Lipinski definition) is 4. The van der Waals surface area contributed by atoms with Crippen LogP contribution in [0.1, 0.15) is 17.7 Å². The van der Waals surface area contributed by atoms with Gasteiger partial charge in [0.2, 0.25) is 15.9 Å². The lowest BCUT2D eigenvalue weighted by Crippen LogP contribution is -2.40. The summed E-state index contributed by atoms with van der Waals surface area (Å²) in [6.07, 6.45) is 4.25. The van der Waals surface area contributed by atoms with Crippen molar-refractivity contribution in [3.8, 4) is 0 Å². The Labute approximate surface area is 193 Å². The van der Waals surface area contributed by atoms with Crippen molar-refractivity contribution >= 4 is 26.8 Å². The third-order valence-electron chi connectivity index (χ3n) is 5.47. The Hall–Kier alpha value is -3.36. The number of fused-ring (bicyclic) bond motifs is 1. The van der Waals surface area contributed by atoms with E-state index in [9.17, 15) is 13.2 Å². The highest BCUT2D eigenvalue weighted by atomic mass is 32.2. The topological polar surface area (TPSA) is 84.5 Å². The van der Waals surface area contributed by atoms with Crippen LogP contribution < -0.4 is 5.32 Å². The standard InChI is InChI=1S/C25H27N3O4S/c1-20-9-11-23(12-10-20)33(30,31)28(18-22-7-4-17-32-22)19-25(29)26-14-5-15-27-16-13-21-6-2-3-8-24(21)27/h2-4,6-13,16-17H,5,14-15,18-19H2,1H3,(H,26,29). The SMILES string of the molecule is Cc1ccc(S(=O)(=O)N(CC(=O)NCCCn2ccc3ccccc32)Cc2ccco2)cc1. The molecular formula is C25H27N3O4S. The van der Waals surface area contributed by atoms with Gasteiger partial charge in [0.25, 0.3) is 0 Å². The lowest BCUT2D eigenvalue weighted by Gasteiger charge is -2.21. The third-order valence-corrected chi connectivity index (χ3v) is 7.28. The summed E-state index contributed by atoms with van der Waals surface area (Å²) in [6, 6.07) is 20.2. The van der Waals surface area contributed by atoms with Crippen LogP contribution >= 0.6 is 0 Å². The molecule has 0 unspecified atom stereocenters. The number of nitrogens with zero attached hydrogens (tertiary/aromatic N) is 2. The summed E-state index contributed by atoms with van der Waals surface area (Å²) in [7, 11) is -3.87. The number of rotatable bonds is 10. The fourth-order valence-electron chi connectivity index (χ4n) is 3.69. The van der Waals surface area contributed by atoms with E-state index < -0.39 is 10.0 Å². The van der Waals surface area contributed by atoms with Gasteiger partial charge in [-0.15, -0.1) is 0 Å². The molecule has 172 valence electrons. The Morgan fingerprint density at radius 1 is 1.03 bits per heavy atom. The maximum absolute atomic E-state index is 13.2. The number of carbonyl (C=O) groups is 1. The first kappa shape index (κ1) is 22.8. The lowest BCUT2D eigenvalue weighted by atomic mass is 10.2. The first-order valence-corrected chi connectivity index (χ1v) is 12.3. The molecule has 0 atom stereocenters. The van der Waals surface area contributed by atoms with Gasteiger partial charge in [0.1, 0.15) is 5.76 Å². The van der Waals surface area contributed by atoms with Gasteiger partial charge in [0, 0.05) is 24.8 Å². The van der Waals surface area contributed by atoms with Crippen LogP contribution in [0.4, 0.5) is 0 Å². The normalized spacial score (nSPS) is 11.8. The maximum atomic E-state index is 13.2. The Kier molecular flexibility index (Phi) is 6.96. The molecule has 4 rings (SSSR count). The summed E-state index contributed by atoms with van der Waals surface area (Å²) in [5.74, 6) is 0.118. The zero-order valence-electron chi connectivity index (χ0n) is 18.5. The van der Waals surface area contributed by atoms with Crippen molar-refractivity contribution in [2.45, 2.75) is 31.3 Å². The minimum absolute atomic E-state index is 0.0218. The third kappa shape index (κ3) is 5.53. The number of para-hydroxylation sites is 1. The van der Waals surface area contributed by atoms with Crippen molar-refractivity contribution in [1.82, 2.24) is 14.2 Å². The highest BCUT2D eigenvalue weighted by Crippen LogP contribution is 2.19. The molecule has 7 nitrogen and oxygen atoms in total. The van der Waals surface area contributed by atoms with Crippen LogP contribution in [0.15, 0.2) is 88.5 Å². The van der Waals surface area contributed by atoms with Gasteiger partial charge < -0.3 is 14.3 Å². The van der Waals surface area contributed by atoms with E-state index in [1.807, 2.05) is 25.3 Å². The van der Waals surface area contributed by atoms with E-state index >= 15 is 0 Å². The average Bonchev–Trinajstić information content (AvgIpc) is 3.47. The second-order valence-corrected chi connectivity index (χ2v) is 9.87. The minimum atomic E-state index is -3.87. The van der Waals surface area contributed by atoms with E-state index in [0.717, 1.165) is 28.4 Å². The van der Waals surface area contributed by atoms with Gasteiger partial charge in [-0.2, -0.15) is 4.31 Å². The molecule has 0 bridgehead atoms. The molecule has 0 aliphatic heterocycles. The highest BCUT2D eigenvalue weighted by Gasteiger charge is 2.27. The molecule has 0 aliphatic rings. The van der Waals surface area contributed by atoms with Crippen LogP contribution in [0.3, 0.4) is 0 Å². The Bertz CT molecular complexity index is 1310. The highest BCUT2D eigenvalue weighted by molar-refractivity contribution is 7.89. The van der Waals surface area contributed by atoms with Gasteiger partial charge in [-0.3, -0.25) is 4.79 Å². The minimum Gasteiger partial charge on any atom is -0.468 e. The molecule has 0 aliphatic carbocycles. The van der Waals surface area contributed by atoms with Crippen LogP contribution in [0, 0.1) is 6.92 Å². The summed E-state index contributed by atoms with van der Waals surface area (Å²) >= 11 is 0. The molecule has 8 heteroatoms. The summed E-state index contributed by atoms with van der Waals surface area (Å²) in [6.45, 7) is 2.78. The largest absolute Gasteiger partial charge is 0.468 e. The van der Waals surface area contributed by atoms with Gasteiger partial charge >= 0.3 is 0 Å². The second-order valence-electron chi connectivity index (χ2n) is 7.94. The summed E-state index contributed by atoms with van der Waals surface area (Å²) in [4.78, 5) is 12.8. The van der Waals surface area contributed by atoms with Crippen molar-refractivity contribution in [3.05, 3.63) is 90.5 Å². The van der Waals surface area contributed by atoms with Gasteiger partial charge in [-0.1, -0.05) is 35.9 Å². The van der Waals surface area contributed by atoms with E-state index in [-0.39, 0.29) is 23.9 Å². The van der Waals surface area contributed by atoms with Crippen molar-refractivity contribution < 1.29 is 17.6 Å². The molecule has 0 saturated carbocycles. The number of nitrogens with one attached hydrogen (secondary N) is 1. The fraction of sp³-hybridized carbons (Fsp3) is 0.240. The maximum Gasteiger partial charge on any atom is 0.243 e. The van der Waals surface area contributed by atoms with Gasteiger partial charge in [-0.05, 0) is 55.1 Å². The molecular weight excluding hydrogens is 438 g/mol. The molecule has 2 heterocycles. The first-order chi connectivity index (χ1) is 15.9. The Morgan fingerprint density at radius 2 is 1.82 bits per heavy atom. The van der Waals surface area contributed by atoms with Crippen LogP contribution in [0.5, 0.6) is 0 Å². The van der Waals surface area contributed by atoms with Gasteiger partial charge in [0.05, 0.1) is 24.2 Å². The molecule has 0 spiro atoms. The number of carbonyl (C=O) groups excluding carboxylic acids is 1. The number of amides is 1. The number of aromatic nitrogens is 1. The number of aryl methyl sites for hydroxylation is 2. The zero-order chi connectivity index (χ0) is 23.3. The summed E-state index contributed by atoms with van der Waals surface area (Å²) < 4.78 is 35.1. The van der Waals surface area contributed by atoms with E-state index in [2.05, 4.69) is 28.1 Å². The summed E-state index contributed by atoms with van der Waals surface area (Å²) in [5.41, 5.74) is 2.11. The molecule has 4 aromatic rings. The van der Waals surface area contributed by atoms with Gasteiger partial charge in [-0.25, -0.2) is 8.42 Å². The van der Waals surface area contributed by atoms with Gasteiger partial charge in [0.15, 0.2) is 0 Å². The van der Waals surface area contributed by atoms with Crippen LogP contribution in [0.2, 0.25) is 0 Å². The van der Waals surface area contributed by atoms with E-state index in [1.165, 1.54) is 11.6 Å². The quantitative estimate of drug-likeness (QED) is 0.360. The summed E-state index contributed by atoms with van der Waals surface area (Å²) in [5, 5.41) is 4.02. The van der Waals surface area contributed by atoms with Crippen LogP contribution in [-0.2, 0) is 27.9 Å². The molecule has 1 N–H and O–H groups in total. The van der Waals surface area contributed by atoms with Crippen molar-refractivity contribution in [2.75, 3.05) is 13.1 Å². The smallest absolute Gasteiger partial charge is 0.243 e. The Morgan fingerprint density at radius 3 is 2.58 bits per heavy atom. The van der Waals surface area contributed by atoms with Crippen LogP contribution in [0.25, 0.3) is 10.9 Å². The fourth-order valence-corrected chi connectivity index (χ4v) is 5.05. The molecule has 0 fully saturated rings. The monoisotopic (exact) mass is 465 g/mol. The average molecular weight is 466 g/mol. The molecule has 0 radical (unpaired) electrons. The first-order valence-electron chi connectivity index (χ1n) is 10.8. The number of sulfonamides is 1. The van der Waals surface area contributed by atoms with E-state index in [4.69, 9.17) is 4.42 Å². The predicted molar refractivity (Wildman–Crippen MR) is 127 cm³/mol. The molecule has 2 aromatic carbocycles. The van der Waals surface area contributed by atoms with E-state index in [1.54, 1.807) is 36.4 Å². The molecule has 1 amide bonds. The lowest BCUT2D eigenvalue weighted by molar-refractivity contribution is -0.121. The number of benzene rings is 2. The molecule has 2 aromatic heterocycles. The van der Waals surface area contributed by atoms with Crippen molar-refractivity contribution in [2.24, 2.45) is 0 Å². The number of hydrogen-bond donors (Lipinski definition) is 1. The zero-order valence-corrected chi connectivity index (χ0v) is 19.3.